The van der Waals surface area contributed by atoms with Gasteiger partial charge in [-0.2, -0.15) is 0 Å². The maximum Gasteiger partial charge on any atom is 0.185 e. The fourth-order valence-electron chi connectivity index (χ4n) is 2.09. The molecule has 1 heterocycles. The van der Waals surface area contributed by atoms with Crippen LogP contribution < -0.4 is 5.32 Å². The second-order valence-corrected chi connectivity index (χ2v) is 6.84. The first kappa shape index (κ1) is 11.5. The van der Waals surface area contributed by atoms with Crippen LogP contribution in [0.15, 0.2) is 23.1 Å². The van der Waals surface area contributed by atoms with Crippen LogP contribution in [0, 0.1) is 12.8 Å². The minimum Gasteiger partial charge on any atom is -0.383 e. The Hall–Kier alpha value is -1.03. The van der Waals surface area contributed by atoms with Crippen molar-refractivity contribution in [2.75, 3.05) is 11.9 Å². The molecule has 0 saturated heterocycles. The molecule has 0 fully saturated rings. The second kappa shape index (κ2) is 3.77. The molecular weight excluding hydrogens is 222 g/mol. The van der Waals surface area contributed by atoms with Gasteiger partial charge in [0.15, 0.2) is 9.84 Å². The molecular formula is C12H17NO2S. The van der Waals surface area contributed by atoms with Crippen molar-refractivity contribution < 1.29 is 8.42 Å². The van der Waals surface area contributed by atoms with Crippen molar-refractivity contribution in [1.82, 2.24) is 0 Å². The number of anilines is 1. The molecule has 0 saturated carbocycles. The number of aryl methyl sites for hydroxylation is 1. The van der Waals surface area contributed by atoms with E-state index in [1.165, 1.54) is 0 Å². The molecule has 0 aromatic heterocycles. The monoisotopic (exact) mass is 239 g/mol. The van der Waals surface area contributed by atoms with E-state index in [-0.39, 0.29) is 11.2 Å². The summed E-state index contributed by atoms with van der Waals surface area (Å²) in [5.41, 5.74) is 1.72. The van der Waals surface area contributed by atoms with Crippen molar-refractivity contribution in [3.8, 4) is 0 Å². The molecule has 0 radical (unpaired) electrons. The lowest BCUT2D eigenvalue weighted by molar-refractivity contribution is 0.533. The Kier molecular flexibility index (Phi) is 2.70. The molecule has 0 spiro atoms. The summed E-state index contributed by atoms with van der Waals surface area (Å²) < 4.78 is 24.7. The largest absolute Gasteiger partial charge is 0.383 e. The van der Waals surface area contributed by atoms with E-state index in [1.807, 2.05) is 32.9 Å². The molecule has 16 heavy (non-hydrogen) atoms. The lowest BCUT2D eigenvalue weighted by Crippen LogP contribution is -2.38. The van der Waals surface area contributed by atoms with E-state index in [4.69, 9.17) is 0 Å². The number of benzene rings is 1. The van der Waals surface area contributed by atoms with E-state index in [1.54, 1.807) is 6.07 Å². The van der Waals surface area contributed by atoms with Crippen molar-refractivity contribution in [1.29, 1.82) is 0 Å². The van der Waals surface area contributed by atoms with Crippen LogP contribution in [0.1, 0.15) is 19.4 Å². The van der Waals surface area contributed by atoms with Gasteiger partial charge in [0.05, 0.1) is 15.8 Å². The van der Waals surface area contributed by atoms with Crippen molar-refractivity contribution in [3.05, 3.63) is 23.8 Å². The van der Waals surface area contributed by atoms with Crippen LogP contribution >= 0.6 is 0 Å². The molecule has 3 nitrogen and oxygen atoms in total. The lowest BCUT2D eigenvalue weighted by Gasteiger charge is -2.28. The number of sulfone groups is 1. The Morgan fingerprint density at radius 2 is 2.06 bits per heavy atom. The molecule has 1 aliphatic heterocycles. The second-order valence-electron chi connectivity index (χ2n) is 4.71. The first-order valence-corrected chi connectivity index (χ1v) is 7.06. The average Bonchev–Trinajstić information content (AvgIpc) is 2.18. The number of hydrogen-bond acceptors (Lipinski definition) is 3. The number of nitrogens with one attached hydrogen (secondary N) is 1. The van der Waals surface area contributed by atoms with Crippen molar-refractivity contribution >= 4 is 15.5 Å². The normalized spacial score (nSPS) is 22.6. The number of hydrogen-bond donors (Lipinski definition) is 1. The van der Waals surface area contributed by atoms with E-state index in [9.17, 15) is 8.42 Å². The lowest BCUT2D eigenvalue weighted by atomic mass is 10.1. The van der Waals surface area contributed by atoms with E-state index < -0.39 is 9.84 Å². The highest BCUT2D eigenvalue weighted by molar-refractivity contribution is 7.92. The van der Waals surface area contributed by atoms with Crippen LogP contribution in [0.4, 0.5) is 5.69 Å². The zero-order valence-electron chi connectivity index (χ0n) is 9.82. The number of fused-ring (bicyclic) bond motifs is 1. The quantitative estimate of drug-likeness (QED) is 0.817. The Balaban J connectivity index is 2.58. The fraction of sp³-hybridized carbons (Fsp3) is 0.500. The van der Waals surface area contributed by atoms with Gasteiger partial charge in [-0.3, -0.25) is 0 Å². The Labute approximate surface area is 96.8 Å². The molecule has 1 unspecified atom stereocenters. The molecule has 1 aromatic rings. The van der Waals surface area contributed by atoms with Gasteiger partial charge in [0.2, 0.25) is 0 Å². The van der Waals surface area contributed by atoms with Crippen molar-refractivity contribution in [2.24, 2.45) is 5.92 Å². The SMILES string of the molecule is Cc1ccc2c(c1)S(=O)(=O)C(C(C)C)CN2. The summed E-state index contributed by atoms with van der Waals surface area (Å²) in [4.78, 5) is 0.456. The minimum absolute atomic E-state index is 0.131. The van der Waals surface area contributed by atoms with E-state index >= 15 is 0 Å². The first-order valence-electron chi connectivity index (χ1n) is 5.51. The molecule has 1 aromatic carbocycles. The van der Waals surface area contributed by atoms with E-state index in [2.05, 4.69) is 5.32 Å². The van der Waals surface area contributed by atoms with E-state index in [0.29, 0.717) is 11.4 Å². The van der Waals surface area contributed by atoms with Crippen LogP contribution in [-0.2, 0) is 9.84 Å². The van der Waals surface area contributed by atoms with Crippen molar-refractivity contribution in [3.63, 3.8) is 0 Å². The Bertz CT molecular complexity index is 506. The zero-order chi connectivity index (χ0) is 11.9. The molecule has 4 heteroatoms. The highest BCUT2D eigenvalue weighted by Gasteiger charge is 2.35. The van der Waals surface area contributed by atoms with Crippen LogP contribution in [0.25, 0.3) is 0 Å². The summed E-state index contributed by atoms with van der Waals surface area (Å²) in [6.07, 6.45) is 0. The third-order valence-electron chi connectivity index (χ3n) is 3.08. The molecule has 1 atom stereocenters. The van der Waals surface area contributed by atoms with Gasteiger partial charge in [0.25, 0.3) is 0 Å². The van der Waals surface area contributed by atoms with Crippen LogP contribution in [0.3, 0.4) is 0 Å². The van der Waals surface area contributed by atoms with Gasteiger partial charge in [0.1, 0.15) is 0 Å². The van der Waals surface area contributed by atoms with Gasteiger partial charge in [-0.05, 0) is 30.5 Å². The predicted octanol–water partition coefficient (Wildman–Crippen LogP) is 2.22. The van der Waals surface area contributed by atoms with Crippen LogP contribution in [0.5, 0.6) is 0 Å². The Morgan fingerprint density at radius 1 is 1.38 bits per heavy atom. The minimum atomic E-state index is -3.17. The summed E-state index contributed by atoms with van der Waals surface area (Å²) in [6, 6.07) is 5.53. The average molecular weight is 239 g/mol. The third-order valence-corrected chi connectivity index (χ3v) is 5.54. The fourth-order valence-corrected chi connectivity index (χ4v) is 4.23. The maximum atomic E-state index is 12.4. The summed E-state index contributed by atoms with van der Waals surface area (Å²) in [7, 11) is -3.17. The maximum absolute atomic E-state index is 12.4. The summed E-state index contributed by atoms with van der Waals surface area (Å²) in [5.74, 6) is 0.131. The van der Waals surface area contributed by atoms with Crippen molar-refractivity contribution in [2.45, 2.75) is 30.9 Å². The van der Waals surface area contributed by atoms with Crippen LogP contribution in [-0.4, -0.2) is 20.2 Å². The van der Waals surface area contributed by atoms with Gasteiger partial charge in [-0.15, -0.1) is 0 Å². The first-order chi connectivity index (χ1) is 7.43. The highest BCUT2D eigenvalue weighted by Crippen LogP contribution is 2.32. The zero-order valence-corrected chi connectivity index (χ0v) is 10.6. The summed E-state index contributed by atoms with van der Waals surface area (Å²) in [5, 5.41) is 2.88. The predicted molar refractivity (Wildman–Crippen MR) is 65.5 cm³/mol. The topological polar surface area (TPSA) is 46.2 Å². The molecule has 88 valence electrons. The van der Waals surface area contributed by atoms with Gasteiger partial charge in [-0.25, -0.2) is 8.42 Å². The van der Waals surface area contributed by atoms with Gasteiger partial charge in [-0.1, -0.05) is 19.9 Å². The third kappa shape index (κ3) is 1.71. The highest BCUT2D eigenvalue weighted by atomic mass is 32.2. The molecule has 1 aliphatic rings. The van der Waals surface area contributed by atoms with Crippen LogP contribution in [0.2, 0.25) is 0 Å². The Morgan fingerprint density at radius 3 is 2.69 bits per heavy atom. The van der Waals surface area contributed by atoms with Gasteiger partial charge in [0, 0.05) is 6.54 Å². The number of rotatable bonds is 1. The summed E-state index contributed by atoms with van der Waals surface area (Å²) >= 11 is 0. The summed E-state index contributed by atoms with van der Waals surface area (Å²) in [6.45, 7) is 6.32. The molecule has 1 N–H and O–H groups in total. The molecule has 0 aliphatic carbocycles. The molecule has 2 rings (SSSR count). The molecule has 0 bridgehead atoms. The van der Waals surface area contributed by atoms with E-state index in [0.717, 1.165) is 11.3 Å². The van der Waals surface area contributed by atoms with Gasteiger partial charge < -0.3 is 5.32 Å². The molecule has 0 amide bonds. The smallest absolute Gasteiger partial charge is 0.185 e. The van der Waals surface area contributed by atoms with Gasteiger partial charge >= 0.3 is 0 Å². The standard InChI is InChI=1S/C12H17NO2S/c1-8(2)12-7-13-10-5-4-9(3)6-11(10)16(12,14)15/h4-6,8,12-13H,7H2,1-3H3.